The summed E-state index contributed by atoms with van der Waals surface area (Å²) >= 11 is 0. The molecule has 0 radical (unpaired) electrons. The molecule has 4 nitrogen and oxygen atoms in total. The fraction of sp³-hybridized carbons (Fsp3) is 0.455. The lowest BCUT2D eigenvalue weighted by Crippen LogP contribution is -2.51. The molecule has 0 spiro atoms. The number of amides is 1. The fourth-order valence-electron chi connectivity index (χ4n) is 1.68. The third kappa shape index (κ3) is 1.99. The minimum atomic E-state index is -0.0385. The minimum absolute atomic E-state index is 0.0385. The van der Waals surface area contributed by atoms with Gasteiger partial charge in [-0.15, -0.1) is 0 Å². The van der Waals surface area contributed by atoms with Crippen molar-refractivity contribution in [3.05, 3.63) is 29.6 Å². The number of carbonyl (C=O) groups is 1. The Balaban J connectivity index is 2.03. The highest BCUT2D eigenvalue weighted by molar-refractivity contribution is 5.92. The second-order valence-electron chi connectivity index (χ2n) is 3.92. The van der Waals surface area contributed by atoms with Crippen molar-refractivity contribution in [2.24, 2.45) is 5.92 Å². The first-order valence-electron chi connectivity index (χ1n) is 5.04. The number of hydrogen-bond acceptors (Lipinski definition) is 3. The molecule has 0 atom stereocenters. The normalized spacial score (nSPS) is 16.3. The van der Waals surface area contributed by atoms with Gasteiger partial charge in [0.15, 0.2) is 0 Å². The Morgan fingerprint density at radius 2 is 2.33 bits per heavy atom. The lowest BCUT2D eigenvalue weighted by atomic mass is 10.0. The Bertz CT molecular complexity index is 373. The van der Waals surface area contributed by atoms with Gasteiger partial charge in [0, 0.05) is 31.3 Å². The van der Waals surface area contributed by atoms with Crippen molar-refractivity contribution < 1.29 is 9.90 Å². The highest BCUT2D eigenvalue weighted by Gasteiger charge is 2.30. The Labute approximate surface area is 88.6 Å². The minimum Gasteiger partial charge on any atom is -0.396 e. The Morgan fingerprint density at radius 1 is 1.60 bits per heavy atom. The van der Waals surface area contributed by atoms with E-state index >= 15 is 0 Å². The van der Waals surface area contributed by atoms with Crippen LogP contribution in [0.4, 0.5) is 0 Å². The maximum absolute atomic E-state index is 11.8. The van der Waals surface area contributed by atoms with Gasteiger partial charge in [0.2, 0.25) is 0 Å². The summed E-state index contributed by atoms with van der Waals surface area (Å²) < 4.78 is 0. The molecule has 0 unspecified atom stereocenters. The molecule has 0 aromatic carbocycles. The molecule has 1 fully saturated rings. The third-order valence-electron chi connectivity index (χ3n) is 2.61. The Hall–Kier alpha value is -1.42. The quantitative estimate of drug-likeness (QED) is 0.764. The number of nitrogens with zero attached hydrogens (tertiary/aromatic N) is 2. The molecule has 1 aromatic rings. The van der Waals surface area contributed by atoms with Crippen LogP contribution in [0.3, 0.4) is 0 Å². The smallest absolute Gasteiger partial charge is 0.272 e. The Kier molecular flexibility index (Phi) is 2.68. The second kappa shape index (κ2) is 3.98. The average molecular weight is 206 g/mol. The molecule has 1 aromatic heterocycles. The molecule has 4 heteroatoms. The van der Waals surface area contributed by atoms with Gasteiger partial charge in [-0.1, -0.05) is 6.07 Å². The summed E-state index contributed by atoms with van der Waals surface area (Å²) in [6, 6.07) is 5.42. The van der Waals surface area contributed by atoms with E-state index in [1.54, 1.807) is 11.0 Å². The van der Waals surface area contributed by atoms with Gasteiger partial charge in [0.25, 0.3) is 5.91 Å². The second-order valence-corrected chi connectivity index (χ2v) is 3.92. The number of hydrogen-bond donors (Lipinski definition) is 1. The first kappa shape index (κ1) is 10.1. The molecule has 1 N–H and O–H groups in total. The van der Waals surface area contributed by atoms with Crippen LogP contribution in [0.5, 0.6) is 0 Å². The van der Waals surface area contributed by atoms with Crippen LogP contribution in [0.1, 0.15) is 16.2 Å². The molecule has 1 aliphatic rings. The number of pyridine rings is 1. The van der Waals surface area contributed by atoms with Crippen LogP contribution in [0.2, 0.25) is 0 Å². The molecule has 2 heterocycles. The fourth-order valence-corrected chi connectivity index (χ4v) is 1.68. The summed E-state index contributed by atoms with van der Waals surface area (Å²) in [4.78, 5) is 17.7. The number of rotatable bonds is 2. The van der Waals surface area contributed by atoms with Gasteiger partial charge >= 0.3 is 0 Å². The van der Waals surface area contributed by atoms with Gasteiger partial charge < -0.3 is 10.0 Å². The number of aromatic nitrogens is 1. The van der Waals surface area contributed by atoms with E-state index < -0.39 is 0 Å². The molecule has 1 aliphatic heterocycles. The first-order valence-corrected chi connectivity index (χ1v) is 5.04. The summed E-state index contributed by atoms with van der Waals surface area (Å²) in [5.41, 5.74) is 1.34. The number of aliphatic hydroxyl groups is 1. The number of aryl methyl sites for hydroxylation is 1. The van der Waals surface area contributed by atoms with Gasteiger partial charge in [0.1, 0.15) is 5.69 Å². The maximum Gasteiger partial charge on any atom is 0.272 e. The average Bonchev–Trinajstić information content (AvgIpc) is 2.16. The highest BCUT2D eigenvalue weighted by Crippen LogP contribution is 2.17. The topological polar surface area (TPSA) is 53.4 Å². The van der Waals surface area contributed by atoms with Crippen molar-refractivity contribution in [1.29, 1.82) is 0 Å². The van der Waals surface area contributed by atoms with E-state index in [9.17, 15) is 4.79 Å². The van der Waals surface area contributed by atoms with Crippen LogP contribution in [0.25, 0.3) is 0 Å². The molecular weight excluding hydrogens is 192 g/mol. The van der Waals surface area contributed by atoms with Crippen LogP contribution in [0.15, 0.2) is 18.2 Å². The molecule has 15 heavy (non-hydrogen) atoms. The molecule has 0 aliphatic carbocycles. The molecule has 80 valence electrons. The van der Waals surface area contributed by atoms with E-state index in [-0.39, 0.29) is 18.4 Å². The van der Waals surface area contributed by atoms with Crippen LogP contribution in [-0.4, -0.2) is 40.6 Å². The Morgan fingerprint density at radius 3 is 2.93 bits per heavy atom. The van der Waals surface area contributed by atoms with Crippen LogP contribution in [0, 0.1) is 12.8 Å². The summed E-state index contributed by atoms with van der Waals surface area (Å²) in [6.07, 6.45) is 0. The predicted octanol–water partition coefficient (Wildman–Crippen LogP) is 0.454. The van der Waals surface area contributed by atoms with Gasteiger partial charge in [-0.3, -0.25) is 4.79 Å². The van der Waals surface area contributed by atoms with Crippen molar-refractivity contribution in [1.82, 2.24) is 9.88 Å². The van der Waals surface area contributed by atoms with Gasteiger partial charge in [0.05, 0.1) is 0 Å². The molecule has 2 rings (SSSR count). The molecule has 0 bridgehead atoms. The monoisotopic (exact) mass is 206 g/mol. The van der Waals surface area contributed by atoms with Gasteiger partial charge in [-0.05, 0) is 19.1 Å². The van der Waals surface area contributed by atoms with E-state index in [4.69, 9.17) is 5.11 Å². The molecule has 1 saturated heterocycles. The van der Waals surface area contributed by atoms with Crippen LogP contribution in [-0.2, 0) is 0 Å². The maximum atomic E-state index is 11.8. The van der Waals surface area contributed by atoms with Crippen molar-refractivity contribution in [2.75, 3.05) is 19.7 Å². The van der Waals surface area contributed by atoms with E-state index in [1.165, 1.54) is 0 Å². The lowest BCUT2D eigenvalue weighted by molar-refractivity contribution is 0.0356. The van der Waals surface area contributed by atoms with Gasteiger partial charge in [-0.25, -0.2) is 4.98 Å². The van der Waals surface area contributed by atoms with Crippen molar-refractivity contribution in [3.8, 4) is 0 Å². The summed E-state index contributed by atoms with van der Waals surface area (Å²) in [7, 11) is 0. The lowest BCUT2D eigenvalue weighted by Gasteiger charge is -2.37. The van der Waals surface area contributed by atoms with E-state index in [1.807, 2.05) is 19.1 Å². The molecule has 0 saturated carbocycles. The summed E-state index contributed by atoms with van der Waals surface area (Å²) in [5, 5.41) is 8.85. The van der Waals surface area contributed by atoms with E-state index in [2.05, 4.69) is 4.98 Å². The standard InChI is InChI=1S/C11H14N2O2/c1-8-3-2-4-10(12-8)11(15)13-5-9(6-13)7-14/h2-4,9,14H,5-7H2,1H3. The summed E-state index contributed by atoms with van der Waals surface area (Å²) in [5.74, 6) is 0.210. The largest absolute Gasteiger partial charge is 0.396 e. The van der Waals surface area contributed by atoms with Crippen molar-refractivity contribution in [2.45, 2.75) is 6.92 Å². The van der Waals surface area contributed by atoms with Crippen LogP contribution >= 0.6 is 0 Å². The summed E-state index contributed by atoms with van der Waals surface area (Å²) in [6.45, 7) is 3.31. The zero-order chi connectivity index (χ0) is 10.8. The third-order valence-corrected chi connectivity index (χ3v) is 2.61. The number of likely N-dealkylation sites (tertiary alicyclic amines) is 1. The number of carbonyl (C=O) groups excluding carboxylic acids is 1. The van der Waals surface area contributed by atoms with Crippen molar-refractivity contribution >= 4 is 5.91 Å². The van der Waals surface area contributed by atoms with E-state index in [0.29, 0.717) is 18.8 Å². The first-order chi connectivity index (χ1) is 7.20. The highest BCUT2D eigenvalue weighted by atomic mass is 16.3. The predicted molar refractivity (Wildman–Crippen MR) is 55.5 cm³/mol. The van der Waals surface area contributed by atoms with E-state index in [0.717, 1.165) is 5.69 Å². The SMILES string of the molecule is Cc1cccc(C(=O)N2CC(CO)C2)n1. The molecule has 1 amide bonds. The zero-order valence-corrected chi connectivity index (χ0v) is 8.68. The van der Waals surface area contributed by atoms with Crippen LogP contribution < -0.4 is 0 Å². The zero-order valence-electron chi connectivity index (χ0n) is 8.68. The van der Waals surface area contributed by atoms with Gasteiger partial charge in [-0.2, -0.15) is 0 Å². The molecular formula is C11H14N2O2. The van der Waals surface area contributed by atoms with Crippen molar-refractivity contribution in [3.63, 3.8) is 0 Å². The number of aliphatic hydroxyl groups excluding tert-OH is 1.